The largest absolute Gasteiger partial charge is 0.304 e. The molecule has 0 amide bonds. The monoisotopic (exact) mass is 139 g/mol. The van der Waals surface area contributed by atoms with Crippen LogP contribution in [0, 0.1) is 6.57 Å². The molecule has 0 saturated carbocycles. The predicted molar refractivity (Wildman–Crippen MR) is 40.5 cm³/mol. The van der Waals surface area contributed by atoms with E-state index in [-0.39, 0.29) is 0 Å². The van der Waals surface area contributed by atoms with Gasteiger partial charge in [-0.1, -0.05) is 0 Å². The summed E-state index contributed by atoms with van der Waals surface area (Å²) in [7, 11) is 2.12. The molecule has 3 heteroatoms. The van der Waals surface area contributed by atoms with E-state index in [0.717, 1.165) is 26.2 Å². The molecule has 0 aromatic rings. The van der Waals surface area contributed by atoms with Crippen molar-refractivity contribution in [3.63, 3.8) is 0 Å². The maximum Gasteiger partial charge on any atom is 0.270 e. The standard InChI is InChI=1S/C7H13N3/c1-8-7-10-5-3-9(2)4-6-10/h3-7H2,2H3. The van der Waals surface area contributed by atoms with E-state index in [2.05, 4.69) is 21.7 Å². The molecule has 0 aromatic heterocycles. The molecule has 1 rings (SSSR count). The van der Waals surface area contributed by atoms with Crippen LogP contribution in [-0.2, 0) is 0 Å². The molecule has 0 aromatic carbocycles. The van der Waals surface area contributed by atoms with Gasteiger partial charge in [0.25, 0.3) is 6.67 Å². The molecule has 56 valence electrons. The SMILES string of the molecule is [C-]#[N+]CN1CCN(C)CC1. The Bertz CT molecular complexity index is 130. The van der Waals surface area contributed by atoms with Crippen LogP contribution in [0.3, 0.4) is 0 Å². The molecule has 1 aliphatic rings. The summed E-state index contributed by atoms with van der Waals surface area (Å²) in [5.41, 5.74) is 0. The van der Waals surface area contributed by atoms with Gasteiger partial charge in [-0.25, -0.2) is 11.5 Å². The van der Waals surface area contributed by atoms with Gasteiger partial charge >= 0.3 is 0 Å². The van der Waals surface area contributed by atoms with Crippen molar-refractivity contribution in [3.8, 4) is 0 Å². The third kappa shape index (κ3) is 1.98. The van der Waals surface area contributed by atoms with Crippen LogP contribution in [0.25, 0.3) is 4.85 Å². The summed E-state index contributed by atoms with van der Waals surface area (Å²) in [4.78, 5) is 7.82. The smallest absolute Gasteiger partial charge is 0.270 e. The number of piperazine rings is 1. The molecule has 1 aliphatic heterocycles. The number of hydrogen-bond donors (Lipinski definition) is 0. The average Bonchev–Trinajstić information content (AvgIpc) is 1.95. The van der Waals surface area contributed by atoms with Crippen LogP contribution >= 0.6 is 0 Å². The zero-order valence-corrected chi connectivity index (χ0v) is 6.38. The van der Waals surface area contributed by atoms with Crippen molar-refractivity contribution in [1.29, 1.82) is 0 Å². The summed E-state index contributed by atoms with van der Waals surface area (Å²) in [6.07, 6.45) is 0. The molecule has 3 nitrogen and oxygen atoms in total. The van der Waals surface area contributed by atoms with E-state index in [0.29, 0.717) is 6.67 Å². The number of nitrogens with zero attached hydrogens (tertiary/aromatic N) is 3. The molecular formula is C7H13N3. The highest BCUT2D eigenvalue weighted by atomic mass is 15.3. The molecule has 0 spiro atoms. The molecule has 0 radical (unpaired) electrons. The van der Waals surface area contributed by atoms with Crippen LogP contribution in [0.4, 0.5) is 0 Å². The van der Waals surface area contributed by atoms with Crippen LogP contribution in [0.15, 0.2) is 0 Å². The van der Waals surface area contributed by atoms with Crippen molar-refractivity contribution in [2.24, 2.45) is 0 Å². The van der Waals surface area contributed by atoms with Crippen LogP contribution in [0.1, 0.15) is 0 Å². The highest BCUT2D eigenvalue weighted by Gasteiger charge is 2.13. The van der Waals surface area contributed by atoms with E-state index in [1.807, 2.05) is 0 Å². The second-order valence-corrected chi connectivity index (χ2v) is 2.72. The Morgan fingerprint density at radius 2 is 1.90 bits per heavy atom. The first-order valence-corrected chi connectivity index (χ1v) is 3.57. The van der Waals surface area contributed by atoms with Gasteiger partial charge in [-0.05, 0) is 7.05 Å². The first kappa shape index (κ1) is 7.52. The number of rotatable bonds is 1. The fraction of sp³-hybridized carbons (Fsp3) is 0.857. The van der Waals surface area contributed by atoms with E-state index in [9.17, 15) is 0 Å². The Kier molecular flexibility index (Phi) is 2.67. The Labute approximate surface area is 62.0 Å². The fourth-order valence-electron chi connectivity index (χ4n) is 1.09. The lowest BCUT2D eigenvalue weighted by Crippen LogP contribution is -2.44. The number of hydrogen-bond acceptors (Lipinski definition) is 2. The van der Waals surface area contributed by atoms with Crippen LogP contribution in [0.2, 0.25) is 0 Å². The molecule has 0 unspecified atom stereocenters. The normalized spacial score (nSPS) is 22.4. The Morgan fingerprint density at radius 1 is 1.30 bits per heavy atom. The van der Waals surface area contributed by atoms with E-state index >= 15 is 0 Å². The predicted octanol–water partition coefficient (Wildman–Crippen LogP) is 0.111. The van der Waals surface area contributed by atoms with Crippen molar-refractivity contribution in [2.75, 3.05) is 39.9 Å². The van der Waals surface area contributed by atoms with E-state index < -0.39 is 0 Å². The topological polar surface area (TPSA) is 10.8 Å². The van der Waals surface area contributed by atoms with Gasteiger partial charge in [0.2, 0.25) is 0 Å². The van der Waals surface area contributed by atoms with Crippen LogP contribution < -0.4 is 0 Å². The van der Waals surface area contributed by atoms with E-state index in [1.54, 1.807) is 0 Å². The summed E-state index contributed by atoms with van der Waals surface area (Å²) in [6.45, 7) is 11.6. The van der Waals surface area contributed by atoms with Crippen molar-refractivity contribution in [3.05, 3.63) is 11.4 Å². The van der Waals surface area contributed by atoms with Gasteiger partial charge in [-0.15, -0.1) is 0 Å². The van der Waals surface area contributed by atoms with Gasteiger partial charge in [0.05, 0.1) is 0 Å². The second-order valence-electron chi connectivity index (χ2n) is 2.72. The van der Waals surface area contributed by atoms with E-state index in [4.69, 9.17) is 6.57 Å². The lowest BCUT2D eigenvalue weighted by Gasteiger charge is -2.28. The van der Waals surface area contributed by atoms with Crippen LogP contribution in [-0.4, -0.2) is 49.7 Å². The minimum absolute atomic E-state index is 0.577. The lowest BCUT2D eigenvalue weighted by molar-refractivity contribution is 0.166. The van der Waals surface area contributed by atoms with Crippen molar-refractivity contribution >= 4 is 0 Å². The maximum absolute atomic E-state index is 6.66. The molecule has 0 aliphatic carbocycles. The zero-order valence-electron chi connectivity index (χ0n) is 6.38. The molecule has 0 N–H and O–H groups in total. The first-order chi connectivity index (χ1) is 4.83. The minimum Gasteiger partial charge on any atom is -0.304 e. The molecule has 1 saturated heterocycles. The Balaban J connectivity index is 2.21. The van der Waals surface area contributed by atoms with Gasteiger partial charge in [0.1, 0.15) is 0 Å². The van der Waals surface area contributed by atoms with Gasteiger partial charge < -0.3 is 4.90 Å². The second kappa shape index (κ2) is 3.55. The fourth-order valence-corrected chi connectivity index (χ4v) is 1.09. The summed E-state index contributed by atoms with van der Waals surface area (Å²) >= 11 is 0. The van der Waals surface area contributed by atoms with Crippen molar-refractivity contribution in [1.82, 2.24) is 9.80 Å². The summed E-state index contributed by atoms with van der Waals surface area (Å²) in [5, 5.41) is 0. The van der Waals surface area contributed by atoms with E-state index in [1.165, 1.54) is 0 Å². The van der Waals surface area contributed by atoms with Crippen LogP contribution in [0.5, 0.6) is 0 Å². The summed E-state index contributed by atoms with van der Waals surface area (Å²) < 4.78 is 0. The van der Waals surface area contributed by atoms with Gasteiger partial charge in [-0.2, -0.15) is 0 Å². The third-order valence-corrected chi connectivity index (χ3v) is 1.87. The summed E-state index contributed by atoms with van der Waals surface area (Å²) in [6, 6.07) is 0. The first-order valence-electron chi connectivity index (χ1n) is 3.57. The minimum atomic E-state index is 0.577. The Morgan fingerprint density at radius 3 is 2.40 bits per heavy atom. The summed E-state index contributed by atoms with van der Waals surface area (Å²) in [5.74, 6) is 0. The highest BCUT2D eigenvalue weighted by molar-refractivity contribution is 4.71. The zero-order chi connectivity index (χ0) is 7.40. The van der Waals surface area contributed by atoms with Gasteiger partial charge in [0.15, 0.2) is 0 Å². The third-order valence-electron chi connectivity index (χ3n) is 1.87. The molecular weight excluding hydrogens is 126 g/mol. The van der Waals surface area contributed by atoms with Crippen molar-refractivity contribution < 1.29 is 0 Å². The lowest BCUT2D eigenvalue weighted by atomic mass is 10.3. The molecule has 0 bridgehead atoms. The van der Waals surface area contributed by atoms with Gasteiger partial charge in [0, 0.05) is 26.2 Å². The maximum atomic E-state index is 6.66. The van der Waals surface area contributed by atoms with Gasteiger partial charge in [-0.3, -0.25) is 4.85 Å². The molecule has 0 atom stereocenters. The Hall–Kier alpha value is -0.590. The molecule has 1 heterocycles. The average molecular weight is 139 g/mol. The van der Waals surface area contributed by atoms with Crippen molar-refractivity contribution in [2.45, 2.75) is 0 Å². The number of likely N-dealkylation sites (N-methyl/N-ethyl adjacent to an activating group) is 1. The quantitative estimate of drug-likeness (QED) is 0.477. The molecule has 1 fully saturated rings. The molecule has 10 heavy (non-hydrogen) atoms. The highest BCUT2D eigenvalue weighted by Crippen LogP contribution is 1.97.